The van der Waals surface area contributed by atoms with Gasteiger partial charge in [0.2, 0.25) is 0 Å². The molecule has 0 radical (unpaired) electrons. The van der Waals surface area contributed by atoms with Crippen LogP contribution in [0.25, 0.3) is 0 Å². The van der Waals surface area contributed by atoms with Gasteiger partial charge in [-0.25, -0.2) is 5.43 Å². The standard InChI is InChI=1S/C14H12F3N3O/c1-20-6-5-10(9-20)8-18-19-13(21)11-3-2-4-12(7-11)14(15,16)17/h2-9H,1H3,(H,19,21)/b18-8-. The summed E-state index contributed by atoms with van der Waals surface area (Å²) in [6.45, 7) is 0. The SMILES string of the molecule is Cn1ccc(/C=N\NC(=O)c2cccc(C(F)(F)F)c2)c1. The summed E-state index contributed by atoms with van der Waals surface area (Å²) in [7, 11) is 1.83. The fraction of sp³-hybridized carbons (Fsp3) is 0.143. The predicted molar refractivity (Wildman–Crippen MR) is 71.9 cm³/mol. The molecular formula is C14H12F3N3O. The largest absolute Gasteiger partial charge is 0.416 e. The van der Waals surface area contributed by atoms with Crippen LogP contribution in [0.2, 0.25) is 0 Å². The van der Waals surface area contributed by atoms with Gasteiger partial charge < -0.3 is 4.57 Å². The number of alkyl halides is 3. The summed E-state index contributed by atoms with van der Waals surface area (Å²) in [6.07, 6.45) is 0.505. The van der Waals surface area contributed by atoms with E-state index in [4.69, 9.17) is 0 Å². The smallest absolute Gasteiger partial charge is 0.357 e. The number of carbonyl (C=O) groups is 1. The summed E-state index contributed by atoms with van der Waals surface area (Å²) >= 11 is 0. The van der Waals surface area contributed by atoms with Gasteiger partial charge in [0, 0.05) is 30.6 Å². The molecule has 0 aliphatic rings. The van der Waals surface area contributed by atoms with Gasteiger partial charge in [-0.05, 0) is 24.3 Å². The molecule has 0 saturated heterocycles. The second-order valence-corrected chi connectivity index (χ2v) is 4.39. The van der Waals surface area contributed by atoms with Gasteiger partial charge in [0.15, 0.2) is 0 Å². The molecule has 0 fully saturated rings. The summed E-state index contributed by atoms with van der Waals surface area (Å²) in [6, 6.07) is 5.94. The van der Waals surface area contributed by atoms with Gasteiger partial charge in [-0.2, -0.15) is 18.3 Å². The van der Waals surface area contributed by atoms with Gasteiger partial charge in [0.05, 0.1) is 11.8 Å². The maximum absolute atomic E-state index is 12.5. The summed E-state index contributed by atoms with van der Waals surface area (Å²) in [5.41, 5.74) is 1.98. The Labute approximate surface area is 118 Å². The molecule has 0 bridgehead atoms. The Morgan fingerprint density at radius 2 is 2.10 bits per heavy atom. The molecule has 0 aliphatic heterocycles. The zero-order valence-corrected chi connectivity index (χ0v) is 11.1. The van der Waals surface area contributed by atoms with Gasteiger partial charge in [0.1, 0.15) is 0 Å². The maximum Gasteiger partial charge on any atom is 0.416 e. The van der Waals surface area contributed by atoms with Crippen molar-refractivity contribution in [1.82, 2.24) is 9.99 Å². The molecular weight excluding hydrogens is 283 g/mol. The van der Waals surface area contributed by atoms with Crippen LogP contribution in [-0.2, 0) is 13.2 Å². The Balaban J connectivity index is 2.05. The Morgan fingerprint density at radius 3 is 2.71 bits per heavy atom. The van der Waals surface area contributed by atoms with E-state index in [0.717, 1.165) is 17.7 Å². The minimum Gasteiger partial charge on any atom is -0.357 e. The van der Waals surface area contributed by atoms with E-state index in [9.17, 15) is 18.0 Å². The highest BCUT2D eigenvalue weighted by molar-refractivity contribution is 5.95. The number of carbonyl (C=O) groups excluding carboxylic acids is 1. The van der Waals surface area contributed by atoms with E-state index in [1.54, 1.807) is 23.0 Å². The molecule has 2 aromatic rings. The molecule has 0 aliphatic carbocycles. The summed E-state index contributed by atoms with van der Waals surface area (Å²) in [5, 5.41) is 3.70. The Morgan fingerprint density at radius 1 is 1.33 bits per heavy atom. The van der Waals surface area contributed by atoms with Crippen molar-refractivity contribution in [3.05, 3.63) is 59.4 Å². The van der Waals surface area contributed by atoms with Crippen molar-refractivity contribution in [3.8, 4) is 0 Å². The number of aromatic nitrogens is 1. The number of aryl methyl sites for hydroxylation is 1. The molecule has 1 aromatic carbocycles. The van der Waals surface area contributed by atoms with Crippen molar-refractivity contribution < 1.29 is 18.0 Å². The fourth-order valence-corrected chi connectivity index (χ4v) is 1.67. The fourth-order valence-electron chi connectivity index (χ4n) is 1.67. The highest BCUT2D eigenvalue weighted by Crippen LogP contribution is 2.29. The van der Waals surface area contributed by atoms with Crippen molar-refractivity contribution >= 4 is 12.1 Å². The van der Waals surface area contributed by atoms with E-state index in [2.05, 4.69) is 10.5 Å². The van der Waals surface area contributed by atoms with Gasteiger partial charge in [-0.15, -0.1) is 0 Å². The first kappa shape index (κ1) is 14.8. The number of hydrogen-bond acceptors (Lipinski definition) is 2. The normalized spacial score (nSPS) is 11.8. The molecule has 110 valence electrons. The third kappa shape index (κ3) is 3.95. The number of hydrazone groups is 1. The lowest BCUT2D eigenvalue weighted by atomic mass is 10.1. The third-order valence-electron chi connectivity index (χ3n) is 2.69. The quantitative estimate of drug-likeness (QED) is 0.687. The zero-order valence-electron chi connectivity index (χ0n) is 11.1. The van der Waals surface area contributed by atoms with E-state index in [0.29, 0.717) is 0 Å². The summed E-state index contributed by atoms with van der Waals surface area (Å²) in [4.78, 5) is 11.7. The number of halogens is 3. The number of benzene rings is 1. The number of amides is 1. The van der Waals surface area contributed by atoms with E-state index < -0.39 is 17.6 Å². The van der Waals surface area contributed by atoms with Crippen LogP contribution in [0.1, 0.15) is 21.5 Å². The molecule has 1 amide bonds. The topological polar surface area (TPSA) is 46.4 Å². The van der Waals surface area contributed by atoms with Crippen molar-refractivity contribution in [2.24, 2.45) is 12.1 Å². The van der Waals surface area contributed by atoms with Crippen molar-refractivity contribution in [3.63, 3.8) is 0 Å². The first-order valence-corrected chi connectivity index (χ1v) is 5.99. The number of hydrogen-bond donors (Lipinski definition) is 1. The number of nitrogens with one attached hydrogen (secondary N) is 1. The molecule has 1 N–H and O–H groups in total. The number of nitrogens with zero attached hydrogens (tertiary/aromatic N) is 2. The zero-order chi connectivity index (χ0) is 15.5. The van der Waals surface area contributed by atoms with Crippen LogP contribution in [0.4, 0.5) is 13.2 Å². The van der Waals surface area contributed by atoms with Crippen LogP contribution in [0.3, 0.4) is 0 Å². The molecule has 1 aromatic heterocycles. The molecule has 0 unspecified atom stereocenters. The van der Waals surface area contributed by atoms with E-state index in [1.807, 2.05) is 7.05 Å². The van der Waals surface area contributed by atoms with Gasteiger partial charge in [-0.3, -0.25) is 4.79 Å². The average Bonchev–Trinajstić information content (AvgIpc) is 2.83. The van der Waals surface area contributed by atoms with Crippen LogP contribution < -0.4 is 5.43 Å². The number of rotatable bonds is 3. The minimum absolute atomic E-state index is 0.102. The third-order valence-corrected chi connectivity index (χ3v) is 2.69. The highest BCUT2D eigenvalue weighted by Gasteiger charge is 2.30. The molecule has 0 atom stereocenters. The van der Waals surface area contributed by atoms with Crippen LogP contribution >= 0.6 is 0 Å². The Kier molecular flexibility index (Phi) is 4.11. The molecule has 7 heteroatoms. The molecule has 21 heavy (non-hydrogen) atoms. The van der Waals surface area contributed by atoms with Crippen LogP contribution in [0.15, 0.2) is 47.8 Å². The van der Waals surface area contributed by atoms with Crippen molar-refractivity contribution in [2.45, 2.75) is 6.18 Å². The van der Waals surface area contributed by atoms with Gasteiger partial charge >= 0.3 is 6.18 Å². The van der Waals surface area contributed by atoms with E-state index in [1.165, 1.54) is 18.3 Å². The van der Waals surface area contributed by atoms with Crippen molar-refractivity contribution in [2.75, 3.05) is 0 Å². The molecule has 0 saturated carbocycles. The summed E-state index contributed by atoms with van der Waals surface area (Å²) in [5.74, 6) is -0.701. The lowest BCUT2D eigenvalue weighted by Gasteiger charge is -2.07. The molecule has 1 heterocycles. The Bertz CT molecular complexity index is 674. The minimum atomic E-state index is -4.48. The average molecular weight is 295 g/mol. The van der Waals surface area contributed by atoms with Crippen LogP contribution in [0.5, 0.6) is 0 Å². The first-order valence-electron chi connectivity index (χ1n) is 5.99. The lowest BCUT2D eigenvalue weighted by molar-refractivity contribution is -0.137. The predicted octanol–water partition coefficient (Wildman–Crippen LogP) is 2.81. The van der Waals surface area contributed by atoms with E-state index in [-0.39, 0.29) is 5.56 Å². The van der Waals surface area contributed by atoms with Gasteiger partial charge in [0.25, 0.3) is 5.91 Å². The first-order chi connectivity index (χ1) is 9.86. The van der Waals surface area contributed by atoms with E-state index >= 15 is 0 Å². The van der Waals surface area contributed by atoms with Gasteiger partial charge in [-0.1, -0.05) is 6.07 Å². The van der Waals surface area contributed by atoms with Crippen molar-refractivity contribution in [1.29, 1.82) is 0 Å². The molecule has 2 rings (SSSR count). The second kappa shape index (κ2) is 5.82. The maximum atomic E-state index is 12.5. The lowest BCUT2D eigenvalue weighted by Crippen LogP contribution is -2.18. The monoisotopic (exact) mass is 295 g/mol. The summed E-state index contributed by atoms with van der Waals surface area (Å²) < 4.78 is 39.4. The molecule has 4 nitrogen and oxygen atoms in total. The highest BCUT2D eigenvalue weighted by atomic mass is 19.4. The Hall–Kier alpha value is -2.57. The van der Waals surface area contributed by atoms with Crippen LogP contribution in [0, 0.1) is 0 Å². The molecule has 0 spiro atoms. The second-order valence-electron chi connectivity index (χ2n) is 4.39. The van der Waals surface area contributed by atoms with Crippen LogP contribution in [-0.4, -0.2) is 16.7 Å².